The SMILES string of the molecule is N#Cc1ccccc1NC(=O)Nc1cc(S(=O)(=O)N2CCCC2)ccc1N1CCCCC1. The van der Waals surface area contributed by atoms with Gasteiger partial charge in [0.2, 0.25) is 10.0 Å². The minimum Gasteiger partial charge on any atom is -0.370 e. The van der Waals surface area contributed by atoms with E-state index in [1.54, 1.807) is 42.5 Å². The van der Waals surface area contributed by atoms with E-state index < -0.39 is 16.1 Å². The molecular formula is C23H27N5O3S. The van der Waals surface area contributed by atoms with Crippen molar-refractivity contribution >= 4 is 33.1 Å². The van der Waals surface area contributed by atoms with Crippen molar-refractivity contribution in [2.24, 2.45) is 0 Å². The lowest BCUT2D eigenvalue weighted by Gasteiger charge is -2.31. The first-order valence-electron chi connectivity index (χ1n) is 11.0. The Hall–Kier alpha value is -3.09. The number of nitrogens with zero attached hydrogens (tertiary/aromatic N) is 3. The molecule has 0 unspecified atom stereocenters. The Morgan fingerprint density at radius 2 is 1.53 bits per heavy atom. The Balaban J connectivity index is 1.64. The van der Waals surface area contributed by atoms with E-state index in [1.165, 1.54) is 4.31 Å². The lowest BCUT2D eigenvalue weighted by molar-refractivity contribution is 0.262. The summed E-state index contributed by atoms with van der Waals surface area (Å²) < 4.78 is 27.7. The normalized spacial score (nSPS) is 17.0. The van der Waals surface area contributed by atoms with Crippen LogP contribution in [0, 0.1) is 11.3 Å². The highest BCUT2D eigenvalue weighted by Gasteiger charge is 2.28. The molecule has 2 amide bonds. The Morgan fingerprint density at radius 1 is 0.875 bits per heavy atom. The number of hydrogen-bond donors (Lipinski definition) is 2. The third kappa shape index (κ3) is 4.71. The number of para-hydroxylation sites is 1. The van der Waals surface area contributed by atoms with Gasteiger partial charge in [0.25, 0.3) is 0 Å². The summed E-state index contributed by atoms with van der Waals surface area (Å²) in [4.78, 5) is 15.1. The average molecular weight is 454 g/mol. The number of nitrogens with one attached hydrogen (secondary N) is 2. The van der Waals surface area contributed by atoms with Gasteiger partial charge in [0, 0.05) is 26.2 Å². The molecule has 0 aromatic heterocycles. The zero-order chi connectivity index (χ0) is 22.6. The zero-order valence-electron chi connectivity index (χ0n) is 17.9. The standard InChI is InChI=1S/C23H27N5O3S/c24-17-18-8-2-3-9-20(18)25-23(29)26-21-16-19(32(30,31)28-14-6-7-15-28)10-11-22(21)27-12-4-1-5-13-27/h2-3,8-11,16H,1,4-7,12-15H2,(H2,25,26,29). The first-order valence-corrected chi connectivity index (χ1v) is 12.4. The van der Waals surface area contributed by atoms with E-state index >= 15 is 0 Å². The Morgan fingerprint density at radius 3 is 2.25 bits per heavy atom. The maximum atomic E-state index is 13.1. The van der Waals surface area contributed by atoms with Crippen LogP contribution >= 0.6 is 0 Å². The van der Waals surface area contributed by atoms with E-state index in [0.717, 1.165) is 50.9 Å². The van der Waals surface area contributed by atoms with Crippen LogP contribution in [0.3, 0.4) is 0 Å². The lowest BCUT2D eigenvalue weighted by Crippen LogP contribution is -2.32. The molecule has 2 aliphatic rings. The van der Waals surface area contributed by atoms with Crippen LogP contribution in [0.2, 0.25) is 0 Å². The predicted octanol–water partition coefficient (Wildman–Crippen LogP) is 3.98. The molecule has 2 aromatic carbocycles. The third-order valence-electron chi connectivity index (χ3n) is 5.91. The first kappa shape index (κ1) is 22.1. The lowest BCUT2D eigenvalue weighted by atomic mass is 10.1. The van der Waals surface area contributed by atoms with Crippen LogP contribution in [-0.2, 0) is 10.0 Å². The van der Waals surface area contributed by atoms with Gasteiger partial charge in [-0.15, -0.1) is 0 Å². The number of nitriles is 1. The topological polar surface area (TPSA) is 106 Å². The molecule has 0 bridgehead atoms. The Kier molecular flexibility index (Phi) is 6.63. The van der Waals surface area contributed by atoms with Gasteiger partial charge in [-0.25, -0.2) is 13.2 Å². The van der Waals surface area contributed by atoms with Crippen LogP contribution in [0.5, 0.6) is 0 Å². The number of rotatable bonds is 5. The highest BCUT2D eigenvalue weighted by Crippen LogP contribution is 2.33. The van der Waals surface area contributed by atoms with Crippen LogP contribution in [0.25, 0.3) is 0 Å². The monoisotopic (exact) mass is 453 g/mol. The number of hydrogen-bond acceptors (Lipinski definition) is 5. The van der Waals surface area contributed by atoms with Crippen LogP contribution in [-0.4, -0.2) is 44.9 Å². The summed E-state index contributed by atoms with van der Waals surface area (Å²) in [6.07, 6.45) is 4.98. The summed E-state index contributed by atoms with van der Waals surface area (Å²) in [6.45, 7) is 2.74. The summed E-state index contributed by atoms with van der Waals surface area (Å²) in [6, 6.07) is 13.2. The first-order chi connectivity index (χ1) is 15.5. The van der Waals surface area contributed by atoms with Crippen molar-refractivity contribution in [2.75, 3.05) is 41.7 Å². The molecule has 0 saturated carbocycles. The molecule has 2 fully saturated rings. The largest absolute Gasteiger partial charge is 0.370 e. The van der Waals surface area contributed by atoms with Crippen molar-refractivity contribution in [1.82, 2.24) is 4.31 Å². The van der Waals surface area contributed by atoms with Crippen LogP contribution < -0.4 is 15.5 Å². The van der Waals surface area contributed by atoms with Crippen LogP contribution in [0.15, 0.2) is 47.4 Å². The Labute approximate surface area is 188 Å². The molecular weight excluding hydrogens is 426 g/mol. The van der Waals surface area contributed by atoms with E-state index in [1.807, 2.05) is 0 Å². The predicted molar refractivity (Wildman–Crippen MR) is 124 cm³/mol. The van der Waals surface area contributed by atoms with Gasteiger partial charge in [-0.1, -0.05) is 12.1 Å². The molecule has 32 heavy (non-hydrogen) atoms. The molecule has 2 heterocycles. The van der Waals surface area contributed by atoms with E-state index in [0.29, 0.717) is 30.0 Å². The van der Waals surface area contributed by atoms with Gasteiger partial charge in [0.05, 0.1) is 27.5 Å². The summed E-state index contributed by atoms with van der Waals surface area (Å²) in [7, 11) is -3.61. The van der Waals surface area contributed by atoms with Gasteiger partial charge in [0.1, 0.15) is 6.07 Å². The van der Waals surface area contributed by atoms with E-state index in [9.17, 15) is 18.5 Å². The molecule has 8 nitrogen and oxygen atoms in total. The number of carbonyl (C=O) groups is 1. The fourth-order valence-corrected chi connectivity index (χ4v) is 5.77. The second kappa shape index (κ2) is 9.59. The van der Waals surface area contributed by atoms with Gasteiger partial charge >= 0.3 is 6.03 Å². The smallest absolute Gasteiger partial charge is 0.323 e. The molecule has 0 spiro atoms. The minimum atomic E-state index is -3.61. The molecule has 4 rings (SSSR count). The molecule has 2 saturated heterocycles. The molecule has 0 aliphatic carbocycles. The second-order valence-electron chi connectivity index (χ2n) is 8.07. The van der Waals surface area contributed by atoms with Gasteiger partial charge in [0.15, 0.2) is 0 Å². The summed E-state index contributed by atoms with van der Waals surface area (Å²) in [5, 5.41) is 14.8. The number of carbonyl (C=O) groups excluding carboxylic acids is 1. The number of piperidine rings is 1. The summed E-state index contributed by atoms with van der Waals surface area (Å²) in [5.74, 6) is 0. The van der Waals surface area contributed by atoms with E-state index in [4.69, 9.17) is 0 Å². The second-order valence-corrected chi connectivity index (χ2v) is 10.0. The van der Waals surface area contributed by atoms with Gasteiger partial charge < -0.3 is 15.5 Å². The van der Waals surface area contributed by atoms with Crippen molar-refractivity contribution < 1.29 is 13.2 Å². The van der Waals surface area contributed by atoms with Crippen molar-refractivity contribution in [3.8, 4) is 6.07 Å². The average Bonchev–Trinajstić information content (AvgIpc) is 3.36. The Bertz CT molecular complexity index is 1130. The fraction of sp³-hybridized carbons (Fsp3) is 0.391. The van der Waals surface area contributed by atoms with Gasteiger partial charge in [-0.3, -0.25) is 0 Å². The molecule has 2 aromatic rings. The maximum absolute atomic E-state index is 13.1. The fourth-order valence-electron chi connectivity index (χ4n) is 4.23. The molecule has 2 aliphatic heterocycles. The van der Waals surface area contributed by atoms with Crippen molar-refractivity contribution in [1.29, 1.82) is 5.26 Å². The summed E-state index contributed by atoms with van der Waals surface area (Å²) >= 11 is 0. The molecule has 2 N–H and O–H groups in total. The minimum absolute atomic E-state index is 0.174. The zero-order valence-corrected chi connectivity index (χ0v) is 18.7. The molecule has 0 radical (unpaired) electrons. The number of urea groups is 1. The number of anilines is 3. The van der Waals surface area contributed by atoms with Crippen molar-refractivity contribution in [2.45, 2.75) is 37.0 Å². The molecule has 9 heteroatoms. The van der Waals surface area contributed by atoms with Crippen LogP contribution in [0.4, 0.5) is 21.9 Å². The number of amides is 2. The third-order valence-corrected chi connectivity index (χ3v) is 7.81. The number of sulfonamides is 1. The van der Waals surface area contributed by atoms with Gasteiger partial charge in [-0.05, 0) is 62.4 Å². The van der Waals surface area contributed by atoms with Crippen molar-refractivity contribution in [3.63, 3.8) is 0 Å². The quantitative estimate of drug-likeness (QED) is 0.712. The molecule has 0 atom stereocenters. The highest BCUT2D eigenvalue weighted by atomic mass is 32.2. The highest BCUT2D eigenvalue weighted by molar-refractivity contribution is 7.89. The van der Waals surface area contributed by atoms with E-state index in [2.05, 4.69) is 21.6 Å². The molecule has 168 valence electrons. The van der Waals surface area contributed by atoms with Gasteiger partial charge in [-0.2, -0.15) is 9.57 Å². The van der Waals surface area contributed by atoms with E-state index in [-0.39, 0.29) is 4.90 Å². The van der Waals surface area contributed by atoms with Crippen molar-refractivity contribution in [3.05, 3.63) is 48.0 Å². The van der Waals surface area contributed by atoms with Crippen LogP contribution in [0.1, 0.15) is 37.7 Å². The summed E-state index contributed by atoms with van der Waals surface area (Å²) in [5.41, 5.74) is 1.99. The number of benzene rings is 2. The maximum Gasteiger partial charge on any atom is 0.323 e.